The fourth-order valence-electron chi connectivity index (χ4n) is 12.5. The van der Waals surface area contributed by atoms with E-state index >= 15 is 0 Å². The minimum absolute atomic E-state index is 0.440. The predicted octanol–water partition coefficient (Wildman–Crippen LogP) is 18.9. The average Bonchev–Trinajstić information content (AvgIpc) is 3.77. The summed E-state index contributed by atoms with van der Waals surface area (Å²) in [6, 6.07) is 96.8. The number of nitrogens with zero attached hydrogens (tertiary/aromatic N) is 1. The molecule has 2 aliphatic carbocycles. The van der Waals surface area contributed by atoms with E-state index in [2.05, 4.69) is 278 Å². The van der Waals surface area contributed by atoms with Gasteiger partial charge in [-0.2, -0.15) is 0 Å². The Hall–Kier alpha value is -9.04. The predicted molar refractivity (Wildman–Crippen MR) is 305 cm³/mol. The van der Waals surface area contributed by atoms with Crippen LogP contribution in [0.15, 0.2) is 279 Å². The van der Waals surface area contributed by atoms with Crippen molar-refractivity contribution in [3.63, 3.8) is 0 Å². The van der Waals surface area contributed by atoms with E-state index in [1.165, 1.54) is 116 Å². The Labute approximate surface area is 420 Å². The molecule has 0 aliphatic heterocycles. The summed E-state index contributed by atoms with van der Waals surface area (Å²) in [6.07, 6.45) is 6.58. The average molecular weight is 916 g/mol. The minimum Gasteiger partial charge on any atom is -0.314 e. The van der Waals surface area contributed by atoms with Crippen LogP contribution < -0.4 is 4.90 Å². The fraction of sp³-hybridized carbons (Fsp3) is 0.0423. The highest BCUT2D eigenvalue weighted by Gasteiger charge is 2.46. The van der Waals surface area contributed by atoms with Crippen LogP contribution in [0, 0.1) is 0 Å². The number of hydrogen-bond acceptors (Lipinski definition) is 1. The van der Waals surface area contributed by atoms with Crippen molar-refractivity contribution in [3.05, 3.63) is 307 Å². The Morgan fingerprint density at radius 2 is 0.819 bits per heavy atom. The zero-order chi connectivity index (χ0) is 47.6. The van der Waals surface area contributed by atoms with Crippen LogP contribution in [0.2, 0.25) is 0 Å². The van der Waals surface area contributed by atoms with Gasteiger partial charge in [-0.25, -0.2) is 0 Å². The first kappa shape index (κ1) is 41.9. The van der Waals surface area contributed by atoms with Gasteiger partial charge in [0.15, 0.2) is 0 Å². The number of anilines is 2. The molecule has 14 rings (SSSR count). The van der Waals surface area contributed by atoms with Gasteiger partial charge in [0.25, 0.3) is 0 Å². The molecule has 0 unspecified atom stereocenters. The van der Waals surface area contributed by atoms with Gasteiger partial charge >= 0.3 is 0 Å². The van der Waals surface area contributed by atoms with Gasteiger partial charge in [-0.15, -0.1) is 0 Å². The minimum atomic E-state index is -0.440. The number of rotatable bonds is 8. The van der Waals surface area contributed by atoms with Crippen LogP contribution in [-0.2, 0) is 5.41 Å². The van der Waals surface area contributed by atoms with Crippen LogP contribution in [0.3, 0.4) is 0 Å². The van der Waals surface area contributed by atoms with Crippen LogP contribution in [0.25, 0.3) is 82.0 Å². The summed E-state index contributed by atoms with van der Waals surface area (Å²) in [6.45, 7) is 0. The monoisotopic (exact) mass is 915 g/mol. The van der Waals surface area contributed by atoms with E-state index in [0.29, 0.717) is 0 Å². The SMILES string of the molecule is C1=C(c2cccc3c2-c2ccccc2C3(c2ccccc2)c2ccccc2)CCC(N(c2ccc(-c3cc4ccccc4c4ccccc34)cc2)c2cccc(-c3cc4ccccc4c4ccccc34)c2)=C1. The summed E-state index contributed by atoms with van der Waals surface area (Å²) in [4.78, 5) is 2.50. The molecular formula is C71H49N. The lowest BCUT2D eigenvalue weighted by molar-refractivity contribution is 0.768. The van der Waals surface area contributed by atoms with Crippen LogP contribution >= 0.6 is 0 Å². The topological polar surface area (TPSA) is 3.24 Å². The van der Waals surface area contributed by atoms with Crippen LogP contribution in [0.4, 0.5) is 11.4 Å². The molecule has 0 saturated carbocycles. The molecule has 338 valence electrons. The lowest BCUT2D eigenvalue weighted by Crippen LogP contribution is -2.28. The molecule has 72 heavy (non-hydrogen) atoms. The molecule has 12 aromatic carbocycles. The third-order valence-electron chi connectivity index (χ3n) is 15.6. The van der Waals surface area contributed by atoms with Crippen molar-refractivity contribution in [1.29, 1.82) is 0 Å². The number of fused-ring (bicyclic) bond motifs is 9. The van der Waals surface area contributed by atoms with Crippen LogP contribution in [0.1, 0.15) is 40.7 Å². The molecule has 0 fully saturated rings. The first-order chi connectivity index (χ1) is 35.7. The molecule has 0 aromatic heterocycles. The van der Waals surface area contributed by atoms with E-state index in [9.17, 15) is 0 Å². The molecular weight excluding hydrogens is 867 g/mol. The second-order valence-corrected chi connectivity index (χ2v) is 19.4. The van der Waals surface area contributed by atoms with E-state index in [-0.39, 0.29) is 0 Å². The standard InChI is InChI=1S/C71H49N/c1-3-22-53(23-4-1)71(54-24-5-2-6-25-54)68-35-16-15-33-65(68)70-60(34-18-36-69(70)71)48-37-41-55(42-38-48)72(56-43-39-49(40-44-56)66-46-51-19-7-9-27-58(51)61-29-11-13-31-63(61)66)57-26-17-21-50(45-57)67-47-52-20-8-10-28-59(52)62-30-12-14-32-64(62)67/h1-37,39-41,43-47H,38,42H2. The highest BCUT2D eigenvalue weighted by molar-refractivity contribution is 6.15. The van der Waals surface area contributed by atoms with Gasteiger partial charge in [0.1, 0.15) is 0 Å². The van der Waals surface area contributed by atoms with Crippen molar-refractivity contribution in [2.45, 2.75) is 18.3 Å². The van der Waals surface area contributed by atoms with Gasteiger partial charge in [0, 0.05) is 17.1 Å². The molecule has 0 spiro atoms. The quantitative estimate of drug-likeness (QED) is 0.137. The van der Waals surface area contributed by atoms with Crippen molar-refractivity contribution in [1.82, 2.24) is 0 Å². The van der Waals surface area contributed by atoms with Crippen molar-refractivity contribution in [3.8, 4) is 33.4 Å². The van der Waals surface area contributed by atoms with Crippen molar-refractivity contribution in [2.75, 3.05) is 4.90 Å². The summed E-state index contributed by atoms with van der Waals surface area (Å²) in [7, 11) is 0. The smallest absolute Gasteiger partial charge is 0.0713 e. The molecule has 1 nitrogen and oxygen atoms in total. The van der Waals surface area contributed by atoms with E-state index in [1.54, 1.807) is 0 Å². The first-order valence-corrected chi connectivity index (χ1v) is 25.3. The molecule has 2 aliphatic rings. The molecule has 1 heteroatoms. The van der Waals surface area contributed by atoms with Gasteiger partial charge < -0.3 is 4.90 Å². The molecule has 0 atom stereocenters. The summed E-state index contributed by atoms with van der Waals surface area (Å²) >= 11 is 0. The van der Waals surface area contributed by atoms with E-state index in [4.69, 9.17) is 0 Å². The third kappa shape index (κ3) is 6.62. The Morgan fingerprint density at radius 1 is 0.306 bits per heavy atom. The normalized spacial score (nSPS) is 13.7. The summed E-state index contributed by atoms with van der Waals surface area (Å²) < 4.78 is 0. The van der Waals surface area contributed by atoms with Gasteiger partial charge in [-0.1, -0.05) is 231 Å². The molecule has 0 heterocycles. The summed E-state index contributed by atoms with van der Waals surface area (Å²) in [5, 5.41) is 10.1. The summed E-state index contributed by atoms with van der Waals surface area (Å²) in [5.41, 5.74) is 18.6. The van der Waals surface area contributed by atoms with Gasteiger partial charge in [-0.05, 0) is 165 Å². The largest absolute Gasteiger partial charge is 0.314 e. The van der Waals surface area contributed by atoms with Gasteiger partial charge in [0.05, 0.1) is 5.41 Å². The molecule has 0 bridgehead atoms. The fourth-order valence-corrected chi connectivity index (χ4v) is 12.5. The zero-order valence-corrected chi connectivity index (χ0v) is 39.8. The Bertz CT molecular complexity index is 4100. The molecule has 0 N–H and O–H groups in total. The molecule has 0 saturated heterocycles. The van der Waals surface area contributed by atoms with Gasteiger partial charge in [-0.3, -0.25) is 0 Å². The van der Waals surface area contributed by atoms with E-state index < -0.39 is 5.41 Å². The maximum atomic E-state index is 2.50. The van der Waals surface area contributed by atoms with Crippen LogP contribution in [-0.4, -0.2) is 0 Å². The number of benzene rings is 12. The molecule has 12 aromatic rings. The van der Waals surface area contributed by atoms with Crippen LogP contribution in [0.5, 0.6) is 0 Å². The second kappa shape index (κ2) is 17.1. The van der Waals surface area contributed by atoms with Crippen molar-refractivity contribution >= 4 is 60.0 Å². The third-order valence-corrected chi connectivity index (χ3v) is 15.6. The van der Waals surface area contributed by atoms with E-state index in [1.807, 2.05) is 0 Å². The molecule has 0 amide bonds. The maximum Gasteiger partial charge on any atom is 0.0713 e. The van der Waals surface area contributed by atoms with E-state index in [0.717, 1.165) is 24.2 Å². The first-order valence-electron chi connectivity index (χ1n) is 25.3. The Kier molecular flexibility index (Phi) is 9.96. The summed E-state index contributed by atoms with van der Waals surface area (Å²) in [5.74, 6) is 0. The second-order valence-electron chi connectivity index (χ2n) is 19.4. The zero-order valence-electron chi connectivity index (χ0n) is 39.8. The maximum absolute atomic E-state index is 2.50. The highest BCUT2D eigenvalue weighted by atomic mass is 15.1. The molecule has 0 radical (unpaired) electrons. The van der Waals surface area contributed by atoms with Crippen molar-refractivity contribution in [2.24, 2.45) is 0 Å². The lowest BCUT2D eigenvalue weighted by Gasteiger charge is -2.34. The lowest BCUT2D eigenvalue weighted by atomic mass is 9.67. The Balaban J connectivity index is 0.921. The van der Waals surface area contributed by atoms with Gasteiger partial charge in [0.2, 0.25) is 0 Å². The highest BCUT2D eigenvalue weighted by Crippen LogP contribution is 2.58. The van der Waals surface area contributed by atoms with Crippen molar-refractivity contribution < 1.29 is 0 Å². The Morgan fingerprint density at radius 3 is 1.44 bits per heavy atom. The number of hydrogen-bond donors (Lipinski definition) is 0. The number of allylic oxidation sites excluding steroid dienone is 4.